The van der Waals surface area contributed by atoms with E-state index in [1.54, 1.807) is 24.3 Å². The largest absolute Gasteiger partial charge is 0.466 e. The van der Waals surface area contributed by atoms with E-state index in [2.05, 4.69) is 4.98 Å². The monoisotopic (exact) mass is 343 g/mol. The molecule has 0 unspecified atom stereocenters. The smallest absolute Gasteiger partial charge is 0.306 e. The molecule has 0 spiro atoms. The normalized spacial score (nSPS) is 10.6. The lowest BCUT2D eigenvalue weighted by atomic mass is 10.1. The molecule has 0 aliphatic heterocycles. The van der Waals surface area contributed by atoms with Crippen LogP contribution in [0.4, 0.5) is 0 Å². The summed E-state index contributed by atoms with van der Waals surface area (Å²) in [5.41, 5.74) is 1.90. The third-order valence-corrected chi connectivity index (χ3v) is 4.33. The molecule has 1 aromatic carbocycles. The molecule has 1 heterocycles. The van der Waals surface area contributed by atoms with Crippen LogP contribution in [0.1, 0.15) is 29.6 Å². The van der Waals surface area contributed by atoms with E-state index in [1.807, 2.05) is 17.5 Å². The number of esters is 1. The number of thiazole rings is 1. The van der Waals surface area contributed by atoms with Crippen LogP contribution in [-0.4, -0.2) is 17.6 Å². The second kappa shape index (κ2) is 7.78. The Kier molecular flexibility index (Phi) is 6.03. The first kappa shape index (κ1) is 16.3. The van der Waals surface area contributed by atoms with Gasteiger partial charge < -0.3 is 4.74 Å². The molecule has 0 amide bonds. The van der Waals surface area contributed by atoms with E-state index < -0.39 is 0 Å². The standard InChI is InChI=1S/C15H15Cl2NO2S/c1-2-20-15(19)6-5-12-9-21-14(18-12)7-10-3-4-11(16)8-13(10)17/h3-4,8-9H,2,5-7H2,1H3. The summed E-state index contributed by atoms with van der Waals surface area (Å²) < 4.78 is 4.90. The maximum absolute atomic E-state index is 11.3. The first-order valence-electron chi connectivity index (χ1n) is 6.61. The number of hydrogen-bond donors (Lipinski definition) is 0. The van der Waals surface area contributed by atoms with Gasteiger partial charge in [-0.1, -0.05) is 29.3 Å². The highest BCUT2D eigenvalue weighted by Gasteiger charge is 2.09. The van der Waals surface area contributed by atoms with E-state index in [0.717, 1.165) is 16.3 Å². The molecule has 0 fully saturated rings. The first-order valence-corrected chi connectivity index (χ1v) is 8.25. The van der Waals surface area contributed by atoms with Gasteiger partial charge in [-0.05, 0) is 24.6 Å². The van der Waals surface area contributed by atoms with E-state index in [9.17, 15) is 4.79 Å². The number of hydrogen-bond acceptors (Lipinski definition) is 4. The summed E-state index contributed by atoms with van der Waals surface area (Å²) in [6.45, 7) is 2.21. The maximum Gasteiger partial charge on any atom is 0.306 e. The quantitative estimate of drug-likeness (QED) is 0.723. The van der Waals surface area contributed by atoms with Crippen LogP contribution in [0.3, 0.4) is 0 Å². The van der Waals surface area contributed by atoms with Crippen LogP contribution in [-0.2, 0) is 22.4 Å². The summed E-state index contributed by atoms with van der Waals surface area (Å²) in [5, 5.41) is 4.21. The van der Waals surface area contributed by atoms with Crippen LogP contribution in [0.25, 0.3) is 0 Å². The molecule has 0 saturated heterocycles. The number of aryl methyl sites for hydroxylation is 1. The molecule has 21 heavy (non-hydrogen) atoms. The van der Waals surface area contributed by atoms with Crippen LogP contribution in [0.15, 0.2) is 23.6 Å². The predicted octanol–water partition coefficient (Wildman–Crippen LogP) is 4.54. The molecule has 112 valence electrons. The molecule has 2 aromatic rings. The number of aromatic nitrogens is 1. The summed E-state index contributed by atoms with van der Waals surface area (Å²) in [6, 6.07) is 5.45. The SMILES string of the molecule is CCOC(=O)CCc1csc(Cc2ccc(Cl)cc2Cl)n1. The molecule has 0 bridgehead atoms. The van der Waals surface area contributed by atoms with Crippen molar-refractivity contribution in [3.05, 3.63) is 49.9 Å². The van der Waals surface area contributed by atoms with Crippen LogP contribution in [0, 0.1) is 0 Å². The lowest BCUT2D eigenvalue weighted by Crippen LogP contribution is -2.05. The van der Waals surface area contributed by atoms with Crippen molar-refractivity contribution in [1.82, 2.24) is 4.98 Å². The van der Waals surface area contributed by atoms with Crippen molar-refractivity contribution in [1.29, 1.82) is 0 Å². The Bertz CT molecular complexity index is 628. The highest BCUT2D eigenvalue weighted by molar-refractivity contribution is 7.09. The number of carbonyl (C=O) groups excluding carboxylic acids is 1. The van der Waals surface area contributed by atoms with Crippen molar-refractivity contribution in [2.45, 2.75) is 26.2 Å². The minimum atomic E-state index is -0.187. The predicted molar refractivity (Wildman–Crippen MR) is 86.3 cm³/mol. The van der Waals surface area contributed by atoms with E-state index >= 15 is 0 Å². The summed E-state index contributed by atoms with van der Waals surface area (Å²) in [6.07, 6.45) is 1.63. The molecule has 0 saturated carbocycles. The van der Waals surface area contributed by atoms with Gasteiger partial charge in [0.25, 0.3) is 0 Å². The summed E-state index contributed by atoms with van der Waals surface area (Å²) >= 11 is 13.6. The number of nitrogens with zero attached hydrogens (tertiary/aromatic N) is 1. The number of halogens is 2. The number of benzene rings is 1. The number of rotatable bonds is 6. The fraction of sp³-hybridized carbons (Fsp3) is 0.333. The second-order valence-electron chi connectivity index (χ2n) is 4.45. The summed E-state index contributed by atoms with van der Waals surface area (Å²) in [7, 11) is 0. The average molecular weight is 344 g/mol. The van der Waals surface area contributed by atoms with Gasteiger partial charge in [0.05, 0.1) is 23.7 Å². The van der Waals surface area contributed by atoms with Crippen molar-refractivity contribution in [3.8, 4) is 0 Å². The number of ether oxygens (including phenoxy) is 1. The Balaban J connectivity index is 1.95. The van der Waals surface area contributed by atoms with Gasteiger partial charge in [0.15, 0.2) is 0 Å². The lowest BCUT2D eigenvalue weighted by Gasteiger charge is -2.02. The highest BCUT2D eigenvalue weighted by Crippen LogP contribution is 2.24. The maximum atomic E-state index is 11.3. The molecular formula is C15H15Cl2NO2S. The third kappa shape index (κ3) is 4.99. The number of carbonyl (C=O) groups is 1. The van der Waals surface area contributed by atoms with Crippen molar-refractivity contribution < 1.29 is 9.53 Å². The zero-order chi connectivity index (χ0) is 15.2. The Morgan fingerprint density at radius 3 is 2.90 bits per heavy atom. The highest BCUT2D eigenvalue weighted by atomic mass is 35.5. The Labute approximate surface area is 137 Å². The third-order valence-electron chi connectivity index (χ3n) is 2.85. The topological polar surface area (TPSA) is 39.2 Å². The van der Waals surface area contributed by atoms with Gasteiger partial charge in [0.2, 0.25) is 0 Å². The zero-order valence-corrected chi connectivity index (χ0v) is 13.9. The molecule has 2 rings (SSSR count). The molecule has 3 nitrogen and oxygen atoms in total. The second-order valence-corrected chi connectivity index (χ2v) is 6.24. The Hall–Kier alpha value is -1.10. The minimum absolute atomic E-state index is 0.187. The minimum Gasteiger partial charge on any atom is -0.466 e. The molecule has 0 aliphatic carbocycles. The van der Waals surface area contributed by atoms with Gasteiger partial charge in [-0.15, -0.1) is 11.3 Å². The Morgan fingerprint density at radius 2 is 2.19 bits per heavy atom. The molecule has 0 aliphatic rings. The van der Waals surface area contributed by atoms with Gasteiger partial charge in [0.1, 0.15) is 0 Å². The van der Waals surface area contributed by atoms with E-state index in [0.29, 0.717) is 35.9 Å². The van der Waals surface area contributed by atoms with E-state index in [-0.39, 0.29) is 5.97 Å². The lowest BCUT2D eigenvalue weighted by molar-refractivity contribution is -0.143. The first-order chi connectivity index (χ1) is 10.1. The molecular weight excluding hydrogens is 329 g/mol. The Morgan fingerprint density at radius 1 is 1.38 bits per heavy atom. The van der Waals surface area contributed by atoms with Gasteiger partial charge in [-0.3, -0.25) is 4.79 Å². The van der Waals surface area contributed by atoms with Crippen LogP contribution >= 0.6 is 34.5 Å². The average Bonchev–Trinajstić information content (AvgIpc) is 2.88. The molecule has 0 N–H and O–H groups in total. The summed E-state index contributed by atoms with van der Waals surface area (Å²) in [5.74, 6) is -0.187. The molecule has 0 atom stereocenters. The fourth-order valence-corrected chi connectivity index (χ4v) is 3.16. The van der Waals surface area contributed by atoms with Crippen LogP contribution in [0.2, 0.25) is 10.0 Å². The van der Waals surface area contributed by atoms with Crippen molar-refractivity contribution >= 4 is 40.5 Å². The molecule has 6 heteroatoms. The van der Waals surface area contributed by atoms with Gasteiger partial charge in [-0.2, -0.15) is 0 Å². The molecule has 1 aromatic heterocycles. The van der Waals surface area contributed by atoms with Crippen molar-refractivity contribution in [3.63, 3.8) is 0 Å². The van der Waals surface area contributed by atoms with Crippen LogP contribution < -0.4 is 0 Å². The van der Waals surface area contributed by atoms with E-state index in [1.165, 1.54) is 0 Å². The zero-order valence-electron chi connectivity index (χ0n) is 11.6. The summed E-state index contributed by atoms with van der Waals surface area (Å²) in [4.78, 5) is 15.8. The van der Waals surface area contributed by atoms with E-state index in [4.69, 9.17) is 27.9 Å². The fourth-order valence-electron chi connectivity index (χ4n) is 1.84. The van der Waals surface area contributed by atoms with Crippen molar-refractivity contribution in [2.75, 3.05) is 6.61 Å². The van der Waals surface area contributed by atoms with Gasteiger partial charge in [-0.25, -0.2) is 4.98 Å². The van der Waals surface area contributed by atoms with Crippen LogP contribution in [0.5, 0.6) is 0 Å². The van der Waals surface area contributed by atoms with Gasteiger partial charge in [0, 0.05) is 28.3 Å². The van der Waals surface area contributed by atoms with Gasteiger partial charge >= 0.3 is 5.97 Å². The van der Waals surface area contributed by atoms with Crippen molar-refractivity contribution in [2.24, 2.45) is 0 Å². The molecule has 0 radical (unpaired) electrons.